The molecule has 2 heterocycles. The third kappa shape index (κ3) is 3.35. The summed E-state index contributed by atoms with van der Waals surface area (Å²) in [4.78, 5) is 30.1. The molecule has 2 aromatic rings. The predicted molar refractivity (Wildman–Crippen MR) is 96.0 cm³/mol. The summed E-state index contributed by atoms with van der Waals surface area (Å²) in [6.07, 6.45) is 5.43. The number of amides is 3. The van der Waals surface area contributed by atoms with Crippen LogP contribution in [0.4, 0.5) is 21.0 Å². The molecule has 0 unspecified atom stereocenters. The van der Waals surface area contributed by atoms with Crippen molar-refractivity contribution < 1.29 is 14.3 Å². The minimum absolute atomic E-state index is 0.105. The predicted octanol–water partition coefficient (Wildman–Crippen LogP) is 2.65. The van der Waals surface area contributed by atoms with Crippen molar-refractivity contribution >= 4 is 23.5 Å². The number of hydrogen-bond donors (Lipinski definition) is 2. The monoisotopic (exact) mass is 355 g/mol. The van der Waals surface area contributed by atoms with Crippen molar-refractivity contribution in [2.24, 2.45) is 13.0 Å². The van der Waals surface area contributed by atoms with Crippen LogP contribution in [0.15, 0.2) is 36.7 Å². The average Bonchev–Trinajstić information content (AvgIpc) is 3.24. The van der Waals surface area contributed by atoms with Crippen LogP contribution >= 0.6 is 0 Å². The fourth-order valence-electron chi connectivity index (χ4n) is 3.19. The summed E-state index contributed by atoms with van der Waals surface area (Å²) in [6, 6.07) is 6.78. The van der Waals surface area contributed by atoms with E-state index in [1.807, 2.05) is 23.9 Å². The Bertz CT molecular complexity index is 830. The number of aromatic nitrogens is 2. The van der Waals surface area contributed by atoms with Crippen molar-refractivity contribution in [2.45, 2.75) is 18.9 Å². The lowest BCUT2D eigenvalue weighted by molar-refractivity contribution is 0.181. The summed E-state index contributed by atoms with van der Waals surface area (Å²) in [5.41, 5.74) is 1.32. The van der Waals surface area contributed by atoms with E-state index in [1.54, 1.807) is 29.3 Å². The van der Waals surface area contributed by atoms with Crippen LogP contribution in [-0.4, -0.2) is 34.8 Å². The first kappa shape index (κ1) is 16.4. The molecule has 1 saturated heterocycles. The molecule has 2 fully saturated rings. The quantitative estimate of drug-likeness (QED) is 0.863. The summed E-state index contributed by atoms with van der Waals surface area (Å²) >= 11 is 0. The molecule has 1 atom stereocenters. The van der Waals surface area contributed by atoms with Gasteiger partial charge in [0.25, 0.3) is 0 Å². The Morgan fingerprint density at radius 2 is 2.23 bits per heavy atom. The van der Waals surface area contributed by atoms with Crippen LogP contribution in [0.3, 0.4) is 0 Å². The van der Waals surface area contributed by atoms with Gasteiger partial charge in [0.2, 0.25) is 0 Å². The maximum Gasteiger partial charge on any atom is 0.414 e. The highest BCUT2D eigenvalue weighted by Gasteiger charge is 2.35. The van der Waals surface area contributed by atoms with Gasteiger partial charge in [0, 0.05) is 30.8 Å². The molecule has 1 aliphatic carbocycles. The largest absolute Gasteiger partial charge is 0.447 e. The highest BCUT2D eigenvalue weighted by Crippen LogP contribution is 2.40. The number of imidazole rings is 1. The molecule has 1 aromatic heterocycles. The van der Waals surface area contributed by atoms with Gasteiger partial charge >= 0.3 is 12.1 Å². The molecule has 2 N–H and O–H groups in total. The molecule has 0 spiro atoms. The van der Waals surface area contributed by atoms with Gasteiger partial charge < -0.3 is 19.9 Å². The Morgan fingerprint density at radius 1 is 1.38 bits per heavy atom. The van der Waals surface area contributed by atoms with Gasteiger partial charge in [-0.05, 0) is 37.0 Å². The number of anilines is 2. The van der Waals surface area contributed by atoms with Crippen molar-refractivity contribution in [3.8, 4) is 0 Å². The van der Waals surface area contributed by atoms with Gasteiger partial charge in [0.15, 0.2) is 0 Å². The fourth-order valence-corrected chi connectivity index (χ4v) is 3.19. The molecule has 26 heavy (non-hydrogen) atoms. The second kappa shape index (κ2) is 6.70. The molecule has 3 amide bonds. The molecule has 1 aliphatic heterocycles. The standard InChI is InChI=1S/C18H21N5O3/c1-22-8-7-19-16(22)15(12-5-6-12)21-17(24)20-13-3-2-4-14(11-13)23-9-10-26-18(23)25/h2-4,7-8,11-12,15H,5-6,9-10H2,1H3,(H2,20,21,24)/t15-/m1/s1. The van der Waals surface area contributed by atoms with Crippen LogP contribution in [0.1, 0.15) is 24.7 Å². The third-order valence-electron chi connectivity index (χ3n) is 4.69. The first-order chi connectivity index (χ1) is 12.6. The Balaban J connectivity index is 1.44. The highest BCUT2D eigenvalue weighted by molar-refractivity contribution is 5.93. The molecule has 8 heteroatoms. The summed E-state index contributed by atoms with van der Waals surface area (Å²) in [6.45, 7) is 0.890. The number of rotatable bonds is 5. The number of carbonyl (C=O) groups is 2. The Labute approximate surface area is 151 Å². The van der Waals surface area contributed by atoms with E-state index in [1.165, 1.54) is 0 Å². The van der Waals surface area contributed by atoms with Crippen LogP contribution in [0, 0.1) is 5.92 Å². The number of hydrogen-bond acceptors (Lipinski definition) is 4. The molecule has 1 aromatic carbocycles. The van der Waals surface area contributed by atoms with Crippen molar-refractivity contribution in [1.82, 2.24) is 14.9 Å². The second-order valence-corrected chi connectivity index (χ2v) is 6.63. The van der Waals surface area contributed by atoms with Gasteiger partial charge in [-0.3, -0.25) is 4.90 Å². The van der Waals surface area contributed by atoms with Gasteiger partial charge in [-0.15, -0.1) is 0 Å². The molecular weight excluding hydrogens is 334 g/mol. The number of nitrogens with zero attached hydrogens (tertiary/aromatic N) is 3. The molecule has 4 rings (SSSR count). The van der Waals surface area contributed by atoms with Crippen LogP contribution in [0.25, 0.3) is 0 Å². The third-order valence-corrected chi connectivity index (χ3v) is 4.69. The van der Waals surface area contributed by atoms with E-state index in [-0.39, 0.29) is 18.2 Å². The van der Waals surface area contributed by atoms with E-state index in [2.05, 4.69) is 15.6 Å². The maximum absolute atomic E-state index is 12.5. The van der Waals surface area contributed by atoms with Gasteiger partial charge in [-0.2, -0.15) is 0 Å². The maximum atomic E-state index is 12.5. The zero-order chi connectivity index (χ0) is 18.1. The Kier molecular flexibility index (Phi) is 4.24. The lowest BCUT2D eigenvalue weighted by Gasteiger charge is -2.19. The number of nitrogens with one attached hydrogen (secondary N) is 2. The molecule has 2 aliphatic rings. The van der Waals surface area contributed by atoms with Crippen LogP contribution < -0.4 is 15.5 Å². The topological polar surface area (TPSA) is 88.5 Å². The summed E-state index contributed by atoms with van der Waals surface area (Å²) in [5, 5.41) is 5.88. The number of carbonyl (C=O) groups excluding carboxylic acids is 2. The Morgan fingerprint density at radius 3 is 2.88 bits per heavy atom. The number of cyclic esters (lactones) is 1. The lowest BCUT2D eigenvalue weighted by atomic mass is 10.1. The molecule has 8 nitrogen and oxygen atoms in total. The molecule has 0 bridgehead atoms. The van der Waals surface area contributed by atoms with Gasteiger partial charge in [-0.1, -0.05) is 6.07 Å². The number of aryl methyl sites for hydroxylation is 1. The average molecular weight is 355 g/mol. The van der Waals surface area contributed by atoms with Crippen molar-refractivity contribution in [1.29, 1.82) is 0 Å². The normalized spacial score (nSPS) is 17.7. The van der Waals surface area contributed by atoms with Crippen molar-refractivity contribution in [3.63, 3.8) is 0 Å². The minimum Gasteiger partial charge on any atom is -0.447 e. The Hall–Kier alpha value is -3.03. The number of urea groups is 1. The van der Waals surface area contributed by atoms with Crippen LogP contribution in [-0.2, 0) is 11.8 Å². The number of benzene rings is 1. The molecular formula is C18H21N5O3. The van der Waals surface area contributed by atoms with E-state index in [0.29, 0.717) is 30.4 Å². The smallest absolute Gasteiger partial charge is 0.414 e. The minimum atomic E-state index is -0.366. The van der Waals surface area contributed by atoms with Gasteiger partial charge in [-0.25, -0.2) is 14.6 Å². The fraction of sp³-hybridized carbons (Fsp3) is 0.389. The molecule has 1 saturated carbocycles. The van der Waals surface area contributed by atoms with Gasteiger partial charge in [0.05, 0.1) is 12.6 Å². The second-order valence-electron chi connectivity index (χ2n) is 6.63. The zero-order valence-electron chi connectivity index (χ0n) is 14.5. The summed E-state index contributed by atoms with van der Waals surface area (Å²) in [5.74, 6) is 1.28. The first-order valence-electron chi connectivity index (χ1n) is 8.71. The lowest BCUT2D eigenvalue weighted by Crippen LogP contribution is -2.35. The summed E-state index contributed by atoms with van der Waals surface area (Å²) in [7, 11) is 1.93. The van der Waals surface area contributed by atoms with E-state index < -0.39 is 0 Å². The molecule has 136 valence electrons. The molecule has 0 radical (unpaired) electrons. The van der Waals surface area contributed by atoms with E-state index in [0.717, 1.165) is 18.7 Å². The SMILES string of the molecule is Cn1ccnc1[C@H](NC(=O)Nc1cccc(N2CCOC2=O)c1)C1CC1. The van der Waals surface area contributed by atoms with Gasteiger partial charge in [0.1, 0.15) is 12.4 Å². The van der Waals surface area contributed by atoms with E-state index in [4.69, 9.17) is 4.74 Å². The first-order valence-corrected chi connectivity index (χ1v) is 8.71. The van der Waals surface area contributed by atoms with Crippen LogP contribution in [0.2, 0.25) is 0 Å². The van der Waals surface area contributed by atoms with Crippen molar-refractivity contribution in [3.05, 3.63) is 42.5 Å². The van der Waals surface area contributed by atoms with E-state index in [9.17, 15) is 9.59 Å². The zero-order valence-corrected chi connectivity index (χ0v) is 14.5. The summed E-state index contributed by atoms with van der Waals surface area (Å²) < 4.78 is 6.89. The number of ether oxygens (including phenoxy) is 1. The van der Waals surface area contributed by atoms with Crippen LogP contribution in [0.5, 0.6) is 0 Å². The highest BCUT2D eigenvalue weighted by atomic mass is 16.6. The van der Waals surface area contributed by atoms with E-state index >= 15 is 0 Å². The van der Waals surface area contributed by atoms with Crippen molar-refractivity contribution in [2.75, 3.05) is 23.4 Å².